The smallest absolute Gasteiger partial charge is 0.290 e. The molecular weight excluding hydrogens is 258 g/mol. The van der Waals surface area contributed by atoms with Crippen molar-refractivity contribution in [3.05, 3.63) is 57.9 Å². The second kappa shape index (κ2) is 7.08. The summed E-state index contributed by atoms with van der Waals surface area (Å²) in [5.41, 5.74) is 7.54. The molecule has 20 heavy (non-hydrogen) atoms. The minimum Gasteiger partial charge on any atom is -0.497 e. The Bertz CT molecular complexity index is 600. The van der Waals surface area contributed by atoms with E-state index >= 15 is 0 Å². The SMILES string of the molecule is COc1cccc(N)c1.Cc1cnc(C)c([N+](=O)[O-])c1. The van der Waals surface area contributed by atoms with Gasteiger partial charge in [-0.05, 0) is 31.5 Å². The van der Waals surface area contributed by atoms with Gasteiger partial charge in [0.2, 0.25) is 0 Å². The van der Waals surface area contributed by atoms with Gasteiger partial charge < -0.3 is 10.5 Å². The number of anilines is 1. The van der Waals surface area contributed by atoms with Crippen LogP contribution in [0.15, 0.2) is 36.5 Å². The first kappa shape index (κ1) is 15.4. The molecular formula is C14H17N3O3. The third-order valence-electron chi connectivity index (χ3n) is 2.49. The molecule has 1 heterocycles. The molecule has 2 N–H and O–H groups in total. The number of nitrogen functional groups attached to an aromatic ring is 1. The van der Waals surface area contributed by atoms with Crippen LogP contribution in [0.5, 0.6) is 5.75 Å². The molecule has 106 valence electrons. The summed E-state index contributed by atoms with van der Waals surface area (Å²) >= 11 is 0. The molecule has 0 amide bonds. The Kier molecular flexibility index (Phi) is 5.46. The average Bonchev–Trinajstić information content (AvgIpc) is 2.42. The molecule has 2 rings (SSSR count). The largest absolute Gasteiger partial charge is 0.497 e. The molecule has 1 aromatic heterocycles. The van der Waals surface area contributed by atoms with Gasteiger partial charge in [-0.25, -0.2) is 0 Å². The van der Waals surface area contributed by atoms with Gasteiger partial charge in [-0.2, -0.15) is 0 Å². The van der Waals surface area contributed by atoms with Gasteiger partial charge >= 0.3 is 0 Å². The van der Waals surface area contributed by atoms with E-state index in [0.29, 0.717) is 5.69 Å². The molecule has 6 heteroatoms. The standard InChI is InChI=1S/C7H8N2O2.C7H9NO/c1-5-3-7(9(10)11)6(2)8-4-5;1-9-7-4-2-3-6(8)5-7/h3-4H,1-2H3;2-5H,8H2,1H3. The van der Waals surface area contributed by atoms with E-state index in [0.717, 1.165) is 17.0 Å². The quantitative estimate of drug-likeness (QED) is 0.517. The van der Waals surface area contributed by atoms with Crippen molar-refractivity contribution in [3.8, 4) is 5.75 Å². The number of hydrogen-bond acceptors (Lipinski definition) is 5. The minimum atomic E-state index is -0.421. The second-order valence-electron chi connectivity index (χ2n) is 4.15. The molecule has 0 bridgehead atoms. The van der Waals surface area contributed by atoms with Gasteiger partial charge in [-0.1, -0.05) is 6.07 Å². The molecule has 0 aliphatic carbocycles. The number of methoxy groups -OCH3 is 1. The summed E-state index contributed by atoms with van der Waals surface area (Å²) in [4.78, 5) is 13.8. The van der Waals surface area contributed by atoms with E-state index in [1.165, 1.54) is 6.07 Å². The number of pyridine rings is 1. The zero-order valence-corrected chi connectivity index (χ0v) is 11.7. The molecule has 0 saturated heterocycles. The predicted octanol–water partition coefficient (Wildman–Crippen LogP) is 2.88. The first-order valence-electron chi connectivity index (χ1n) is 5.91. The van der Waals surface area contributed by atoms with E-state index in [4.69, 9.17) is 10.5 Å². The van der Waals surface area contributed by atoms with E-state index in [9.17, 15) is 10.1 Å². The average molecular weight is 275 g/mol. The van der Waals surface area contributed by atoms with Crippen molar-refractivity contribution in [3.63, 3.8) is 0 Å². The lowest BCUT2D eigenvalue weighted by Crippen LogP contribution is -1.94. The zero-order chi connectivity index (χ0) is 15.1. The number of nitrogens with two attached hydrogens (primary N) is 1. The van der Waals surface area contributed by atoms with Gasteiger partial charge in [0.1, 0.15) is 11.4 Å². The van der Waals surface area contributed by atoms with Crippen molar-refractivity contribution in [2.45, 2.75) is 13.8 Å². The lowest BCUT2D eigenvalue weighted by atomic mass is 10.2. The normalized spacial score (nSPS) is 9.35. The van der Waals surface area contributed by atoms with E-state index in [2.05, 4.69) is 4.98 Å². The summed E-state index contributed by atoms with van der Waals surface area (Å²) < 4.78 is 4.92. The van der Waals surface area contributed by atoms with Crippen molar-refractivity contribution >= 4 is 11.4 Å². The molecule has 0 fully saturated rings. The maximum absolute atomic E-state index is 10.3. The van der Waals surface area contributed by atoms with Gasteiger partial charge in [0.25, 0.3) is 5.69 Å². The van der Waals surface area contributed by atoms with Gasteiger partial charge in [0, 0.05) is 24.0 Å². The lowest BCUT2D eigenvalue weighted by molar-refractivity contribution is -0.385. The van der Waals surface area contributed by atoms with Crippen molar-refractivity contribution in [1.82, 2.24) is 4.98 Å². The van der Waals surface area contributed by atoms with Crippen LogP contribution in [-0.2, 0) is 0 Å². The maximum atomic E-state index is 10.3. The highest BCUT2D eigenvalue weighted by atomic mass is 16.6. The van der Waals surface area contributed by atoms with Crippen LogP contribution in [0.25, 0.3) is 0 Å². The van der Waals surface area contributed by atoms with E-state index in [1.54, 1.807) is 33.2 Å². The summed E-state index contributed by atoms with van der Waals surface area (Å²) in [6.07, 6.45) is 1.61. The van der Waals surface area contributed by atoms with Crippen molar-refractivity contribution in [2.75, 3.05) is 12.8 Å². The minimum absolute atomic E-state index is 0.0880. The summed E-state index contributed by atoms with van der Waals surface area (Å²) in [6, 6.07) is 8.83. The topological polar surface area (TPSA) is 91.3 Å². The lowest BCUT2D eigenvalue weighted by Gasteiger charge is -1.97. The molecule has 0 unspecified atom stereocenters. The Morgan fingerprint density at radius 2 is 2.00 bits per heavy atom. The van der Waals surface area contributed by atoms with Crippen LogP contribution in [0.3, 0.4) is 0 Å². The number of benzene rings is 1. The Hall–Kier alpha value is -2.63. The highest BCUT2D eigenvalue weighted by molar-refractivity contribution is 5.43. The van der Waals surface area contributed by atoms with Crippen LogP contribution in [0.2, 0.25) is 0 Å². The van der Waals surface area contributed by atoms with Gasteiger partial charge in [0.05, 0.1) is 12.0 Å². The summed E-state index contributed by atoms with van der Waals surface area (Å²) in [5.74, 6) is 0.801. The molecule has 6 nitrogen and oxygen atoms in total. The summed E-state index contributed by atoms with van der Waals surface area (Å²) in [5, 5.41) is 10.3. The Balaban J connectivity index is 0.000000204. The molecule has 0 spiro atoms. The molecule has 1 aromatic carbocycles. The second-order valence-corrected chi connectivity index (χ2v) is 4.15. The highest BCUT2D eigenvalue weighted by Gasteiger charge is 2.09. The third-order valence-corrected chi connectivity index (χ3v) is 2.49. The number of ether oxygens (including phenoxy) is 1. The number of nitro groups is 1. The molecule has 2 aromatic rings. The van der Waals surface area contributed by atoms with Crippen LogP contribution in [0.4, 0.5) is 11.4 Å². The summed E-state index contributed by atoms with van der Waals surface area (Å²) in [7, 11) is 1.62. The van der Waals surface area contributed by atoms with E-state index in [-0.39, 0.29) is 5.69 Å². The van der Waals surface area contributed by atoms with Crippen LogP contribution in [0, 0.1) is 24.0 Å². The number of rotatable bonds is 2. The molecule has 0 atom stereocenters. The van der Waals surface area contributed by atoms with Crippen molar-refractivity contribution in [2.24, 2.45) is 0 Å². The number of aryl methyl sites for hydroxylation is 2. The summed E-state index contributed by atoms with van der Waals surface area (Å²) in [6.45, 7) is 3.40. The fraction of sp³-hybridized carbons (Fsp3) is 0.214. The van der Waals surface area contributed by atoms with Crippen molar-refractivity contribution in [1.29, 1.82) is 0 Å². The van der Waals surface area contributed by atoms with Crippen LogP contribution in [0.1, 0.15) is 11.3 Å². The zero-order valence-electron chi connectivity index (χ0n) is 11.7. The highest BCUT2D eigenvalue weighted by Crippen LogP contribution is 2.15. The molecule has 0 aliphatic heterocycles. The fourth-order valence-electron chi connectivity index (χ4n) is 1.45. The van der Waals surface area contributed by atoms with Crippen LogP contribution in [-0.4, -0.2) is 17.0 Å². The Morgan fingerprint density at radius 1 is 1.30 bits per heavy atom. The van der Waals surface area contributed by atoms with E-state index < -0.39 is 4.92 Å². The van der Waals surface area contributed by atoms with E-state index in [1.807, 2.05) is 18.2 Å². The molecule has 0 aliphatic rings. The number of aromatic nitrogens is 1. The maximum Gasteiger partial charge on any atom is 0.290 e. The first-order chi connectivity index (χ1) is 9.43. The Morgan fingerprint density at radius 3 is 2.45 bits per heavy atom. The first-order valence-corrected chi connectivity index (χ1v) is 5.91. The molecule has 0 radical (unpaired) electrons. The molecule has 0 saturated carbocycles. The van der Waals surface area contributed by atoms with Crippen LogP contribution >= 0.6 is 0 Å². The fourth-order valence-corrected chi connectivity index (χ4v) is 1.45. The monoisotopic (exact) mass is 275 g/mol. The van der Waals surface area contributed by atoms with Crippen molar-refractivity contribution < 1.29 is 9.66 Å². The number of hydrogen-bond donors (Lipinski definition) is 1. The van der Waals surface area contributed by atoms with Gasteiger partial charge in [0.15, 0.2) is 0 Å². The predicted molar refractivity (Wildman–Crippen MR) is 77.8 cm³/mol. The van der Waals surface area contributed by atoms with Crippen LogP contribution < -0.4 is 10.5 Å². The van der Waals surface area contributed by atoms with Gasteiger partial charge in [-0.15, -0.1) is 0 Å². The Labute approximate surface area is 117 Å². The van der Waals surface area contributed by atoms with Gasteiger partial charge in [-0.3, -0.25) is 15.1 Å². The number of nitrogens with zero attached hydrogens (tertiary/aromatic N) is 2. The third kappa shape index (κ3) is 4.56.